The summed E-state index contributed by atoms with van der Waals surface area (Å²) < 4.78 is 5.59. The van der Waals surface area contributed by atoms with Crippen LogP contribution in [0.5, 0.6) is 0 Å². The van der Waals surface area contributed by atoms with Gasteiger partial charge in [-0.3, -0.25) is 14.5 Å². The number of nitrogens with two attached hydrogens (primary N) is 1. The summed E-state index contributed by atoms with van der Waals surface area (Å²) in [6.07, 6.45) is 0. The van der Waals surface area contributed by atoms with Crippen LogP contribution in [0.15, 0.2) is 41.6 Å². The standard InChI is InChI=1S/C19H25N3O4SSi/c1-11-10-27-18-14(21-16(23)13(20)12-8-6-5-7-9-12)17(24)22(18)15(11)19(25)26-28(2,3)4/h5-9,13-14,18H,10,20H2,1-4H3,(H,21,23). The summed E-state index contributed by atoms with van der Waals surface area (Å²) in [6, 6.07) is 7.44. The first-order valence-electron chi connectivity index (χ1n) is 9.09. The molecule has 0 bridgehead atoms. The van der Waals surface area contributed by atoms with Crippen LogP contribution in [0.1, 0.15) is 18.5 Å². The lowest BCUT2D eigenvalue weighted by atomic mass is 10.0. The van der Waals surface area contributed by atoms with Crippen LogP contribution in [0, 0.1) is 0 Å². The number of nitrogens with zero attached hydrogens (tertiary/aromatic N) is 1. The van der Waals surface area contributed by atoms with E-state index in [2.05, 4.69) is 5.32 Å². The van der Waals surface area contributed by atoms with Crippen molar-refractivity contribution in [2.45, 2.75) is 44.0 Å². The topological polar surface area (TPSA) is 102 Å². The second-order valence-electron chi connectivity index (χ2n) is 7.92. The van der Waals surface area contributed by atoms with E-state index in [0.717, 1.165) is 5.57 Å². The molecule has 7 nitrogen and oxygen atoms in total. The van der Waals surface area contributed by atoms with Crippen LogP contribution in [0.25, 0.3) is 0 Å². The molecule has 3 atom stereocenters. The van der Waals surface area contributed by atoms with E-state index in [1.54, 1.807) is 24.3 Å². The fourth-order valence-corrected chi connectivity index (χ4v) is 5.09. The van der Waals surface area contributed by atoms with E-state index in [-0.39, 0.29) is 11.3 Å². The third-order valence-electron chi connectivity index (χ3n) is 4.49. The van der Waals surface area contributed by atoms with Crippen LogP contribution >= 0.6 is 11.8 Å². The molecule has 2 aliphatic rings. The molecule has 2 aliphatic heterocycles. The van der Waals surface area contributed by atoms with Gasteiger partial charge in [-0.15, -0.1) is 11.8 Å². The Labute approximate surface area is 169 Å². The molecule has 150 valence electrons. The Morgan fingerprint density at radius 2 is 1.93 bits per heavy atom. The molecule has 1 saturated heterocycles. The number of carbonyl (C=O) groups is 3. The molecule has 9 heteroatoms. The minimum absolute atomic E-state index is 0.312. The Kier molecular flexibility index (Phi) is 5.69. The van der Waals surface area contributed by atoms with E-state index in [0.29, 0.717) is 17.0 Å². The molecule has 2 amide bonds. The van der Waals surface area contributed by atoms with Crippen LogP contribution in [-0.2, 0) is 18.8 Å². The largest absolute Gasteiger partial charge is 0.515 e. The third-order valence-corrected chi connectivity index (χ3v) is 6.71. The summed E-state index contributed by atoms with van der Waals surface area (Å²) in [4.78, 5) is 39.3. The molecule has 1 aromatic rings. The zero-order chi connectivity index (χ0) is 20.6. The van der Waals surface area contributed by atoms with Crippen LogP contribution in [0.4, 0.5) is 0 Å². The van der Waals surface area contributed by atoms with Crippen molar-refractivity contribution in [3.8, 4) is 0 Å². The second kappa shape index (κ2) is 7.73. The first-order valence-corrected chi connectivity index (χ1v) is 13.5. The van der Waals surface area contributed by atoms with Gasteiger partial charge in [-0.05, 0) is 37.7 Å². The van der Waals surface area contributed by atoms with Crippen molar-refractivity contribution in [3.05, 3.63) is 47.2 Å². The Morgan fingerprint density at radius 1 is 1.29 bits per heavy atom. The van der Waals surface area contributed by atoms with Gasteiger partial charge in [0.25, 0.3) is 5.91 Å². The molecule has 0 spiro atoms. The van der Waals surface area contributed by atoms with Gasteiger partial charge in [0.2, 0.25) is 14.2 Å². The van der Waals surface area contributed by atoms with Gasteiger partial charge in [0.15, 0.2) is 0 Å². The molecular formula is C19H25N3O4SSi. The fourth-order valence-electron chi connectivity index (χ4n) is 3.14. The lowest BCUT2D eigenvalue weighted by Crippen LogP contribution is -2.71. The van der Waals surface area contributed by atoms with Crippen molar-refractivity contribution in [2.24, 2.45) is 5.73 Å². The fraction of sp³-hybridized carbons (Fsp3) is 0.421. The number of hydrogen-bond donors (Lipinski definition) is 2. The lowest BCUT2D eigenvalue weighted by molar-refractivity contribution is -0.150. The maximum absolute atomic E-state index is 12.7. The van der Waals surface area contributed by atoms with E-state index >= 15 is 0 Å². The van der Waals surface area contributed by atoms with Gasteiger partial charge in [-0.2, -0.15) is 0 Å². The summed E-state index contributed by atoms with van der Waals surface area (Å²) in [5.74, 6) is -0.585. The summed E-state index contributed by atoms with van der Waals surface area (Å²) in [5.41, 5.74) is 7.82. The normalized spacial score (nSPS) is 22.9. The van der Waals surface area contributed by atoms with Gasteiger partial charge in [-0.1, -0.05) is 30.3 Å². The highest BCUT2D eigenvalue weighted by molar-refractivity contribution is 8.00. The number of fused-ring (bicyclic) bond motifs is 1. The van der Waals surface area contributed by atoms with Crippen molar-refractivity contribution in [3.63, 3.8) is 0 Å². The van der Waals surface area contributed by atoms with Crippen LogP contribution in [0.3, 0.4) is 0 Å². The van der Waals surface area contributed by atoms with Gasteiger partial charge in [0, 0.05) is 5.75 Å². The number of carbonyl (C=O) groups excluding carboxylic acids is 3. The zero-order valence-electron chi connectivity index (χ0n) is 16.4. The molecule has 28 heavy (non-hydrogen) atoms. The number of rotatable bonds is 5. The number of amides is 2. The Hall–Kier alpha value is -2.10. The van der Waals surface area contributed by atoms with Gasteiger partial charge in [0.1, 0.15) is 23.2 Å². The summed E-state index contributed by atoms with van der Waals surface area (Å²) in [5, 5.41) is 2.42. The average Bonchev–Trinajstić information content (AvgIpc) is 2.64. The van der Waals surface area contributed by atoms with Gasteiger partial charge < -0.3 is 15.5 Å². The SMILES string of the molecule is CC1=C(C(=O)O[Si](C)(C)C)N2C(=O)C(NC(=O)C(N)c3ccccc3)C2SC1. The number of thioether (sulfide) groups is 1. The number of benzene rings is 1. The van der Waals surface area contributed by atoms with Crippen LogP contribution in [-0.4, -0.2) is 48.2 Å². The smallest absolute Gasteiger partial charge is 0.341 e. The van der Waals surface area contributed by atoms with Crippen molar-refractivity contribution in [1.82, 2.24) is 10.2 Å². The molecule has 0 saturated carbocycles. The minimum atomic E-state index is -2.09. The predicted octanol–water partition coefficient (Wildman–Crippen LogP) is 1.74. The molecule has 0 aromatic heterocycles. The van der Waals surface area contributed by atoms with E-state index in [4.69, 9.17) is 10.2 Å². The molecule has 0 aliphatic carbocycles. The van der Waals surface area contributed by atoms with E-state index < -0.39 is 32.3 Å². The predicted molar refractivity (Wildman–Crippen MR) is 111 cm³/mol. The molecule has 0 radical (unpaired) electrons. The summed E-state index contributed by atoms with van der Waals surface area (Å²) in [6.45, 7) is 7.58. The Morgan fingerprint density at radius 3 is 2.54 bits per heavy atom. The zero-order valence-corrected chi connectivity index (χ0v) is 18.2. The summed E-state index contributed by atoms with van der Waals surface area (Å²) >= 11 is 1.52. The van der Waals surface area contributed by atoms with Gasteiger partial charge >= 0.3 is 5.97 Å². The monoisotopic (exact) mass is 419 g/mol. The molecule has 1 fully saturated rings. The molecule has 3 unspecified atom stereocenters. The number of β-lactam (4-membered cyclic amide) rings is 1. The Balaban J connectivity index is 1.71. The molecule has 2 heterocycles. The molecule has 1 aromatic carbocycles. The van der Waals surface area contributed by atoms with Crippen molar-refractivity contribution in [1.29, 1.82) is 0 Å². The Bertz CT molecular complexity index is 837. The molecular weight excluding hydrogens is 394 g/mol. The first-order chi connectivity index (χ1) is 13.1. The number of nitrogens with one attached hydrogen (secondary N) is 1. The minimum Gasteiger partial charge on any atom is -0.515 e. The first kappa shape index (κ1) is 20.6. The van der Waals surface area contributed by atoms with E-state index in [9.17, 15) is 14.4 Å². The molecule has 3 rings (SSSR count). The summed E-state index contributed by atoms with van der Waals surface area (Å²) in [7, 11) is -2.09. The van der Waals surface area contributed by atoms with Crippen LogP contribution in [0.2, 0.25) is 19.6 Å². The highest BCUT2D eigenvalue weighted by Crippen LogP contribution is 2.40. The van der Waals surface area contributed by atoms with E-state index in [1.165, 1.54) is 16.7 Å². The maximum Gasteiger partial charge on any atom is 0.341 e. The van der Waals surface area contributed by atoms with Crippen molar-refractivity contribution < 1.29 is 18.8 Å². The highest BCUT2D eigenvalue weighted by atomic mass is 32.2. The highest BCUT2D eigenvalue weighted by Gasteiger charge is 2.54. The lowest BCUT2D eigenvalue weighted by Gasteiger charge is -2.50. The van der Waals surface area contributed by atoms with Crippen LogP contribution < -0.4 is 11.1 Å². The van der Waals surface area contributed by atoms with Crippen molar-refractivity contribution in [2.75, 3.05) is 5.75 Å². The molecule has 3 N–H and O–H groups in total. The van der Waals surface area contributed by atoms with Gasteiger partial charge in [0.05, 0.1) is 0 Å². The number of hydrogen-bond acceptors (Lipinski definition) is 6. The maximum atomic E-state index is 12.7. The average molecular weight is 420 g/mol. The van der Waals surface area contributed by atoms with E-state index in [1.807, 2.05) is 32.6 Å². The third kappa shape index (κ3) is 4.01. The van der Waals surface area contributed by atoms with Crippen molar-refractivity contribution >= 4 is 37.9 Å². The second-order valence-corrected chi connectivity index (χ2v) is 13.4. The quantitative estimate of drug-likeness (QED) is 0.557. The van der Waals surface area contributed by atoms with Gasteiger partial charge in [-0.25, -0.2) is 4.79 Å².